The first-order valence-corrected chi connectivity index (χ1v) is 13.0. The van der Waals surface area contributed by atoms with Gasteiger partial charge in [0.15, 0.2) is 0 Å². The smallest absolute Gasteiger partial charge is 0.0619 e. The van der Waals surface area contributed by atoms with Crippen LogP contribution in [0.3, 0.4) is 0 Å². The summed E-state index contributed by atoms with van der Waals surface area (Å²) in [5.41, 5.74) is 13.6. The Morgan fingerprint density at radius 3 is 1.62 bits per heavy atom. The Bertz CT molecular complexity index is 1430. The predicted molar refractivity (Wildman–Crippen MR) is 148 cm³/mol. The zero-order chi connectivity index (χ0) is 24.0. The van der Waals surface area contributed by atoms with Gasteiger partial charge in [0.1, 0.15) is 0 Å². The van der Waals surface area contributed by atoms with E-state index in [-0.39, 0.29) is 16.2 Å². The van der Waals surface area contributed by atoms with Gasteiger partial charge in [-0.1, -0.05) is 130 Å². The van der Waals surface area contributed by atoms with E-state index in [9.17, 15) is 0 Å². The zero-order valence-corrected chi connectivity index (χ0v) is 22.5. The first-order valence-electron chi connectivity index (χ1n) is 12.2. The van der Waals surface area contributed by atoms with E-state index < -0.39 is 0 Å². The van der Waals surface area contributed by atoms with E-state index >= 15 is 0 Å². The SMILES string of the molecule is CC(C)(C)c1ccc2c(c1)C1(c3ccccc3-c3ccccc31)c1cc(C(C)(C)C)cc(Br)c1-2. The molecule has 4 aromatic carbocycles. The molecular formula is C33H31Br. The number of benzene rings is 4. The molecular weight excluding hydrogens is 476 g/mol. The van der Waals surface area contributed by atoms with Crippen LogP contribution in [0.15, 0.2) is 83.3 Å². The van der Waals surface area contributed by atoms with Gasteiger partial charge in [0.2, 0.25) is 0 Å². The minimum absolute atomic E-state index is 0.0573. The zero-order valence-electron chi connectivity index (χ0n) is 20.9. The van der Waals surface area contributed by atoms with Crippen LogP contribution in [0.2, 0.25) is 0 Å². The summed E-state index contributed by atoms with van der Waals surface area (Å²) in [5, 5.41) is 0. The third kappa shape index (κ3) is 2.77. The van der Waals surface area contributed by atoms with Crippen molar-refractivity contribution in [2.24, 2.45) is 0 Å². The van der Waals surface area contributed by atoms with Crippen molar-refractivity contribution in [2.45, 2.75) is 57.8 Å². The maximum Gasteiger partial charge on any atom is 0.0726 e. The Kier molecular flexibility index (Phi) is 4.47. The van der Waals surface area contributed by atoms with Gasteiger partial charge in [0, 0.05) is 10.0 Å². The molecule has 0 saturated heterocycles. The van der Waals surface area contributed by atoms with Crippen LogP contribution in [0, 0.1) is 0 Å². The minimum atomic E-state index is -0.303. The van der Waals surface area contributed by atoms with Gasteiger partial charge in [-0.2, -0.15) is 0 Å². The maximum absolute atomic E-state index is 4.03. The molecule has 2 aliphatic carbocycles. The minimum Gasteiger partial charge on any atom is -0.0619 e. The Labute approximate surface area is 212 Å². The topological polar surface area (TPSA) is 0 Å². The molecule has 34 heavy (non-hydrogen) atoms. The van der Waals surface area contributed by atoms with E-state index in [2.05, 4.69) is 136 Å². The summed E-state index contributed by atoms with van der Waals surface area (Å²) in [4.78, 5) is 0. The summed E-state index contributed by atoms with van der Waals surface area (Å²) in [6.07, 6.45) is 0. The first-order chi connectivity index (χ1) is 16.0. The fourth-order valence-electron chi connectivity index (χ4n) is 6.11. The fourth-order valence-corrected chi connectivity index (χ4v) is 6.78. The van der Waals surface area contributed by atoms with Crippen LogP contribution in [0.1, 0.15) is 74.9 Å². The molecule has 0 saturated carbocycles. The Balaban J connectivity index is 1.83. The van der Waals surface area contributed by atoms with E-state index in [1.54, 1.807) is 0 Å². The van der Waals surface area contributed by atoms with Gasteiger partial charge in [-0.25, -0.2) is 0 Å². The summed E-state index contributed by atoms with van der Waals surface area (Å²) >= 11 is 4.03. The van der Waals surface area contributed by atoms with Crippen LogP contribution >= 0.6 is 15.9 Å². The van der Waals surface area contributed by atoms with Crippen molar-refractivity contribution in [1.82, 2.24) is 0 Å². The lowest BCUT2D eigenvalue weighted by Gasteiger charge is -2.33. The molecule has 0 atom stereocenters. The second kappa shape index (κ2) is 6.95. The summed E-state index contributed by atoms with van der Waals surface area (Å²) in [6, 6.07) is 30.1. The van der Waals surface area contributed by atoms with Crippen molar-refractivity contribution in [2.75, 3.05) is 0 Å². The van der Waals surface area contributed by atoms with Crippen molar-refractivity contribution in [3.05, 3.63) is 117 Å². The van der Waals surface area contributed by atoms with Gasteiger partial charge in [-0.05, 0) is 67.0 Å². The monoisotopic (exact) mass is 506 g/mol. The highest BCUT2D eigenvalue weighted by Crippen LogP contribution is 2.64. The third-order valence-corrected chi connectivity index (χ3v) is 8.50. The first kappa shape index (κ1) is 21.9. The largest absolute Gasteiger partial charge is 0.0726 e. The highest BCUT2D eigenvalue weighted by Gasteiger charge is 2.52. The Hall–Kier alpha value is -2.64. The lowest BCUT2D eigenvalue weighted by molar-refractivity contribution is 0.586. The van der Waals surface area contributed by atoms with Gasteiger partial charge >= 0.3 is 0 Å². The van der Waals surface area contributed by atoms with E-state index in [0.717, 1.165) is 0 Å². The quantitative estimate of drug-likeness (QED) is 0.192. The van der Waals surface area contributed by atoms with Crippen molar-refractivity contribution in [1.29, 1.82) is 0 Å². The van der Waals surface area contributed by atoms with E-state index in [0.29, 0.717) is 0 Å². The molecule has 0 fully saturated rings. The molecule has 0 nitrogen and oxygen atoms in total. The molecule has 0 amide bonds. The number of rotatable bonds is 0. The lowest BCUT2D eigenvalue weighted by atomic mass is 9.69. The van der Waals surface area contributed by atoms with Gasteiger partial charge in [0.05, 0.1) is 5.41 Å². The molecule has 6 rings (SSSR count). The maximum atomic E-state index is 4.03. The van der Waals surface area contributed by atoms with E-state index in [1.165, 1.54) is 60.1 Å². The summed E-state index contributed by atoms with van der Waals surface area (Å²) in [6.45, 7) is 13.9. The molecule has 4 aromatic rings. The third-order valence-electron chi connectivity index (χ3n) is 7.87. The fraction of sp³-hybridized carbons (Fsp3) is 0.273. The van der Waals surface area contributed by atoms with Crippen LogP contribution in [0.25, 0.3) is 22.3 Å². The average Bonchev–Trinajstić information content (AvgIpc) is 3.25. The normalized spacial score (nSPS) is 15.1. The van der Waals surface area contributed by atoms with Crippen molar-refractivity contribution in [3.8, 4) is 22.3 Å². The molecule has 1 heteroatoms. The molecule has 170 valence electrons. The van der Waals surface area contributed by atoms with Gasteiger partial charge < -0.3 is 0 Å². The summed E-state index contributed by atoms with van der Waals surface area (Å²) < 4.78 is 1.19. The number of halogens is 1. The second-order valence-electron chi connectivity index (χ2n) is 12.0. The van der Waals surface area contributed by atoms with Crippen LogP contribution in [-0.4, -0.2) is 0 Å². The van der Waals surface area contributed by atoms with Crippen molar-refractivity contribution in [3.63, 3.8) is 0 Å². The molecule has 0 aliphatic heterocycles. The van der Waals surface area contributed by atoms with Gasteiger partial charge in [0.25, 0.3) is 0 Å². The predicted octanol–water partition coefficient (Wildman–Crippen LogP) is 9.39. The second-order valence-corrected chi connectivity index (χ2v) is 12.8. The van der Waals surface area contributed by atoms with Gasteiger partial charge in [-0.3, -0.25) is 0 Å². The van der Waals surface area contributed by atoms with Gasteiger partial charge in [-0.15, -0.1) is 0 Å². The van der Waals surface area contributed by atoms with Crippen LogP contribution in [0.4, 0.5) is 0 Å². The summed E-state index contributed by atoms with van der Waals surface area (Å²) in [7, 11) is 0. The van der Waals surface area contributed by atoms with Crippen LogP contribution in [0.5, 0.6) is 0 Å². The lowest BCUT2D eigenvalue weighted by Crippen LogP contribution is -2.27. The van der Waals surface area contributed by atoms with Crippen LogP contribution in [-0.2, 0) is 16.2 Å². The van der Waals surface area contributed by atoms with E-state index in [4.69, 9.17) is 0 Å². The molecule has 0 heterocycles. The molecule has 0 radical (unpaired) electrons. The van der Waals surface area contributed by atoms with Crippen LogP contribution < -0.4 is 0 Å². The number of hydrogen-bond donors (Lipinski definition) is 0. The number of hydrogen-bond acceptors (Lipinski definition) is 0. The number of fused-ring (bicyclic) bond motifs is 10. The highest BCUT2D eigenvalue weighted by atomic mass is 79.9. The molecule has 1 spiro atoms. The highest BCUT2D eigenvalue weighted by molar-refractivity contribution is 9.10. The Morgan fingerprint density at radius 2 is 1.06 bits per heavy atom. The summed E-state index contributed by atoms with van der Waals surface area (Å²) in [5.74, 6) is 0. The molecule has 0 N–H and O–H groups in total. The van der Waals surface area contributed by atoms with Crippen molar-refractivity contribution >= 4 is 15.9 Å². The standard InChI is InChI=1S/C33H31Br/c1-31(2,3)20-15-16-24-27(17-20)33(28-18-21(32(4,5)6)19-29(34)30(24)28)25-13-9-7-11-22(25)23-12-8-10-14-26(23)33/h7-19H,1-6H3. The van der Waals surface area contributed by atoms with E-state index in [1.807, 2.05) is 0 Å². The Morgan fingerprint density at radius 1 is 0.529 bits per heavy atom. The molecule has 0 bridgehead atoms. The molecule has 2 aliphatic rings. The average molecular weight is 508 g/mol. The molecule has 0 unspecified atom stereocenters. The van der Waals surface area contributed by atoms with Crippen molar-refractivity contribution < 1.29 is 0 Å². The molecule has 0 aromatic heterocycles.